The highest BCUT2D eigenvalue weighted by Gasteiger charge is 2.27. The van der Waals surface area contributed by atoms with E-state index >= 15 is 0 Å². The standard InChI is InChI=1S/C24H15ClF2N4O2.CH5N/c25-23-19(2-1-7-28-23)24(33)29-16-5-3-13-4-6-18-21(12-32)30-31(22(18)20(13)11-16)17-9-14(26)8-15(27)10-17;1-2/h1-3,5,7-12H,4,6H2,(H,29,33);2H2,1H3. The molecular formula is C25H20ClF2N5O2. The van der Waals surface area contributed by atoms with Crippen LogP contribution >= 0.6 is 11.6 Å². The van der Waals surface area contributed by atoms with E-state index in [1.54, 1.807) is 24.3 Å². The molecule has 0 atom stereocenters. The van der Waals surface area contributed by atoms with Gasteiger partial charge in [0, 0.05) is 29.1 Å². The van der Waals surface area contributed by atoms with Crippen LogP contribution in [0, 0.1) is 11.6 Å². The number of rotatable bonds is 4. The number of nitrogens with two attached hydrogens (primary N) is 1. The van der Waals surface area contributed by atoms with Crippen molar-refractivity contribution in [2.45, 2.75) is 12.8 Å². The number of amides is 1. The Balaban J connectivity index is 0.00000141. The summed E-state index contributed by atoms with van der Waals surface area (Å²) in [6.45, 7) is 0. The van der Waals surface area contributed by atoms with Gasteiger partial charge in [-0.25, -0.2) is 18.4 Å². The molecule has 3 N–H and O–H groups in total. The first-order valence-electron chi connectivity index (χ1n) is 10.6. The topological polar surface area (TPSA) is 103 Å². The van der Waals surface area contributed by atoms with E-state index in [0.717, 1.165) is 23.8 Å². The summed E-state index contributed by atoms with van der Waals surface area (Å²) in [5.74, 6) is -1.95. The van der Waals surface area contributed by atoms with E-state index in [1.807, 2.05) is 6.07 Å². The van der Waals surface area contributed by atoms with Gasteiger partial charge in [0.25, 0.3) is 5.91 Å². The second-order valence-corrected chi connectivity index (χ2v) is 7.90. The van der Waals surface area contributed by atoms with Crippen molar-refractivity contribution >= 4 is 29.5 Å². The fourth-order valence-corrected chi connectivity index (χ4v) is 4.24. The Morgan fingerprint density at radius 1 is 1.11 bits per heavy atom. The Bertz CT molecular complexity index is 1420. The highest BCUT2D eigenvalue weighted by atomic mass is 35.5. The normalized spacial score (nSPS) is 11.6. The Hall–Kier alpha value is -3.95. The van der Waals surface area contributed by atoms with Crippen molar-refractivity contribution in [2.75, 3.05) is 12.4 Å². The summed E-state index contributed by atoms with van der Waals surface area (Å²) in [7, 11) is 1.50. The van der Waals surface area contributed by atoms with Gasteiger partial charge in [-0.05, 0) is 61.9 Å². The van der Waals surface area contributed by atoms with Gasteiger partial charge in [0.1, 0.15) is 22.5 Å². The van der Waals surface area contributed by atoms with Crippen LogP contribution in [0.5, 0.6) is 0 Å². The average Bonchev–Trinajstić information content (AvgIpc) is 3.24. The van der Waals surface area contributed by atoms with Crippen LogP contribution in [0.25, 0.3) is 16.9 Å². The van der Waals surface area contributed by atoms with E-state index in [4.69, 9.17) is 11.6 Å². The number of aryl methyl sites for hydroxylation is 1. The molecule has 178 valence electrons. The van der Waals surface area contributed by atoms with E-state index in [0.29, 0.717) is 41.6 Å². The van der Waals surface area contributed by atoms with E-state index in [9.17, 15) is 18.4 Å². The molecule has 0 fully saturated rings. The molecule has 2 heterocycles. The minimum absolute atomic E-state index is 0.0806. The molecule has 0 bridgehead atoms. The molecule has 0 radical (unpaired) electrons. The van der Waals surface area contributed by atoms with Crippen molar-refractivity contribution in [1.82, 2.24) is 14.8 Å². The summed E-state index contributed by atoms with van der Waals surface area (Å²) in [6.07, 6.45) is 3.31. The molecule has 4 aromatic rings. The number of aromatic nitrogens is 3. The molecule has 35 heavy (non-hydrogen) atoms. The Morgan fingerprint density at radius 3 is 2.54 bits per heavy atom. The quantitative estimate of drug-likeness (QED) is 0.318. The van der Waals surface area contributed by atoms with Crippen LogP contribution in [-0.2, 0) is 12.8 Å². The lowest BCUT2D eigenvalue weighted by molar-refractivity contribution is 0.102. The number of carbonyl (C=O) groups excluding carboxylic acids is 2. The molecule has 0 saturated heterocycles. The number of anilines is 1. The molecule has 1 aliphatic rings. The smallest absolute Gasteiger partial charge is 0.258 e. The molecule has 10 heteroatoms. The maximum absolute atomic E-state index is 13.9. The van der Waals surface area contributed by atoms with Gasteiger partial charge >= 0.3 is 0 Å². The fourth-order valence-electron chi connectivity index (χ4n) is 4.04. The van der Waals surface area contributed by atoms with Crippen molar-refractivity contribution in [3.8, 4) is 16.9 Å². The first-order valence-corrected chi connectivity index (χ1v) is 11.0. The summed E-state index contributed by atoms with van der Waals surface area (Å²) in [5.41, 5.74) is 8.46. The highest BCUT2D eigenvalue weighted by molar-refractivity contribution is 6.33. The number of benzene rings is 2. The van der Waals surface area contributed by atoms with E-state index < -0.39 is 17.5 Å². The zero-order valence-corrected chi connectivity index (χ0v) is 19.3. The van der Waals surface area contributed by atoms with Crippen molar-refractivity contribution in [1.29, 1.82) is 0 Å². The monoisotopic (exact) mass is 495 g/mol. The minimum Gasteiger partial charge on any atom is -0.333 e. The molecule has 5 rings (SSSR count). The van der Waals surface area contributed by atoms with Crippen LogP contribution < -0.4 is 11.1 Å². The molecule has 2 aromatic heterocycles. The van der Waals surface area contributed by atoms with Crippen molar-refractivity contribution in [3.05, 3.63) is 93.9 Å². The third-order valence-electron chi connectivity index (χ3n) is 5.49. The number of fused-ring (bicyclic) bond motifs is 3. The van der Waals surface area contributed by atoms with Crippen molar-refractivity contribution in [3.63, 3.8) is 0 Å². The fraction of sp³-hybridized carbons (Fsp3) is 0.120. The predicted molar refractivity (Wildman–Crippen MR) is 129 cm³/mol. The van der Waals surface area contributed by atoms with Crippen LogP contribution in [0.3, 0.4) is 0 Å². The van der Waals surface area contributed by atoms with Gasteiger partial charge in [-0.3, -0.25) is 9.59 Å². The molecule has 0 unspecified atom stereocenters. The molecule has 0 saturated carbocycles. The van der Waals surface area contributed by atoms with E-state index in [2.05, 4.69) is 21.1 Å². The number of hydrogen-bond donors (Lipinski definition) is 2. The second-order valence-electron chi connectivity index (χ2n) is 7.54. The maximum Gasteiger partial charge on any atom is 0.258 e. The molecule has 7 nitrogen and oxygen atoms in total. The molecular weight excluding hydrogens is 476 g/mol. The summed E-state index contributed by atoms with van der Waals surface area (Å²) in [4.78, 5) is 28.3. The summed E-state index contributed by atoms with van der Waals surface area (Å²) in [6, 6.07) is 11.6. The first kappa shape index (κ1) is 24.2. The van der Waals surface area contributed by atoms with Crippen LogP contribution in [0.4, 0.5) is 14.5 Å². The first-order chi connectivity index (χ1) is 16.9. The van der Waals surface area contributed by atoms with Crippen molar-refractivity contribution in [2.24, 2.45) is 5.73 Å². The summed E-state index contributed by atoms with van der Waals surface area (Å²) < 4.78 is 29.2. The highest BCUT2D eigenvalue weighted by Crippen LogP contribution is 2.38. The van der Waals surface area contributed by atoms with Gasteiger partial charge in [0.05, 0.1) is 16.9 Å². The third kappa shape index (κ3) is 4.68. The zero-order chi connectivity index (χ0) is 25.1. The Labute approximate surface area is 204 Å². The zero-order valence-electron chi connectivity index (χ0n) is 18.6. The largest absolute Gasteiger partial charge is 0.333 e. The van der Waals surface area contributed by atoms with Gasteiger partial charge in [-0.15, -0.1) is 0 Å². The van der Waals surface area contributed by atoms with Crippen LogP contribution in [0.2, 0.25) is 5.15 Å². The SMILES string of the molecule is CN.O=Cc1nn(-c2cc(F)cc(F)c2)c2c1CCc1ccc(NC(=O)c3cccnc3Cl)cc1-2. The van der Waals surface area contributed by atoms with Gasteiger partial charge in [0.15, 0.2) is 6.29 Å². The Kier molecular flexibility index (Phi) is 6.99. The molecule has 1 aliphatic carbocycles. The predicted octanol–water partition coefficient (Wildman–Crippen LogP) is 4.60. The number of nitrogens with zero attached hydrogens (tertiary/aromatic N) is 3. The van der Waals surface area contributed by atoms with E-state index in [1.165, 1.54) is 17.9 Å². The summed E-state index contributed by atoms with van der Waals surface area (Å²) in [5, 5.41) is 7.19. The van der Waals surface area contributed by atoms with Crippen LogP contribution in [0.1, 0.15) is 32.0 Å². The second kappa shape index (κ2) is 10.1. The number of carbonyl (C=O) groups is 2. The van der Waals surface area contributed by atoms with Gasteiger partial charge in [0.2, 0.25) is 0 Å². The molecule has 2 aromatic carbocycles. The summed E-state index contributed by atoms with van der Waals surface area (Å²) >= 11 is 6.02. The molecule has 0 aliphatic heterocycles. The number of nitrogens with one attached hydrogen (secondary N) is 1. The van der Waals surface area contributed by atoms with E-state index in [-0.39, 0.29) is 22.1 Å². The van der Waals surface area contributed by atoms with Crippen LogP contribution in [-0.4, -0.2) is 34.0 Å². The number of hydrogen-bond acceptors (Lipinski definition) is 5. The van der Waals surface area contributed by atoms with Crippen LogP contribution in [0.15, 0.2) is 54.7 Å². The molecule has 1 amide bonds. The number of aldehydes is 1. The lowest BCUT2D eigenvalue weighted by Gasteiger charge is -2.20. The molecule has 0 spiro atoms. The minimum atomic E-state index is -0.757. The third-order valence-corrected chi connectivity index (χ3v) is 5.79. The lowest BCUT2D eigenvalue weighted by Crippen LogP contribution is -2.14. The average molecular weight is 496 g/mol. The maximum atomic E-state index is 13.9. The Morgan fingerprint density at radius 2 is 1.86 bits per heavy atom. The lowest BCUT2D eigenvalue weighted by atomic mass is 9.88. The van der Waals surface area contributed by atoms with Crippen molar-refractivity contribution < 1.29 is 18.4 Å². The number of pyridine rings is 1. The van der Waals surface area contributed by atoms with Gasteiger partial charge in [-0.1, -0.05) is 17.7 Å². The van der Waals surface area contributed by atoms with Gasteiger partial charge < -0.3 is 11.1 Å². The number of halogens is 3. The van der Waals surface area contributed by atoms with Gasteiger partial charge in [-0.2, -0.15) is 5.10 Å².